The summed E-state index contributed by atoms with van der Waals surface area (Å²) >= 11 is 0. The molecule has 8 nitrogen and oxygen atoms in total. The zero-order chi connectivity index (χ0) is 25.1. The van der Waals surface area contributed by atoms with Crippen molar-refractivity contribution in [3.05, 3.63) is 81.4 Å². The number of ether oxygens (including phenoxy) is 1. The molecule has 0 radical (unpaired) electrons. The number of aromatic nitrogens is 5. The zero-order valence-electron chi connectivity index (χ0n) is 21.3. The van der Waals surface area contributed by atoms with Crippen LogP contribution in [-0.2, 0) is 13.1 Å². The van der Waals surface area contributed by atoms with E-state index in [1.165, 1.54) is 12.8 Å². The first-order valence-electron chi connectivity index (χ1n) is 12.8. The number of pyridine rings is 1. The van der Waals surface area contributed by atoms with Crippen LogP contribution in [-0.4, -0.2) is 37.2 Å². The Bertz CT molecular complexity index is 1370. The number of aryl methyl sites for hydroxylation is 1. The van der Waals surface area contributed by atoms with Gasteiger partial charge in [0.1, 0.15) is 5.75 Å². The molecule has 0 amide bonds. The molecule has 1 atom stereocenters. The van der Waals surface area contributed by atoms with Gasteiger partial charge in [0, 0.05) is 24.2 Å². The Labute approximate surface area is 211 Å². The average Bonchev–Trinajstić information content (AvgIpc) is 3.58. The van der Waals surface area contributed by atoms with E-state index in [1.54, 1.807) is 7.11 Å². The number of hydrogen-bond donors (Lipinski definition) is 1. The molecular weight excluding hydrogens is 452 g/mol. The van der Waals surface area contributed by atoms with Crippen LogP contribution in [0.3, 0.4) is 0 Å². The summed E-state index contributed by atoms with van der Waals surface area (Å²) in [6.45, 7) is 5.37. The third kappa shape index (κ3) is 5.04. The topological polar surface area (TPSA) is 88.9 Å². The molecule has 1 N–H and O–H groups in total. The van der Waals surface area contributed by atoms with E-state index in [-0.39, 0.29) is 11.6 Å². The molecule has 0 saturated heterocycles. The summed E-state index contributed by atoms with van der Waals surface area (Å²) in [4.78, 5) is 18.5. The first-order valence-corrected chi connectivity index (χ1v) is 12.8. The van der Waals surface area contributed by atoms with Crippen LogP contribution in [0.1, 0.15) is 73.6 Å². The average molecular weight is 487 g/mol. The number of aromatic amines is 1. The van der Waals surface area contributed by atoms with Crippen molar-refractivity contribution in [1.29, 1.82) is 0 Å². The molecule has 36 heavy (non-hydrogen) atoms. The third-order valence-electron chi connectivity index (χ3n) is 7.31. The summed E-state index contributed by atoms with van der Waals surface area (Å²) in [5, 5.41) is 14.0. The highest BCUT2D eigenvalue weighted by atomic mass is 16.5. The lowest BCUT2D eigenvalue weighted by Crippen LogP contribution is -2.32. The molecule has 0 aliphatic heterocycles. The molecule has 1 saturated carbocycles. The quantitative estimate of drug-likeness (QED) is 0.354. The van der Waals surface area contributed by atoms with Crippen molar-refractivity contribution < 1.29 is 4.74 Å². The molecule has 5 rings (SSSR count). The normalized spacial score (nSPS) is 15.1. The number of benzene rings is 2. The minimum Gasteiger partial charge on any atom is -0.497 e. The van der Waals surface area contributed by atoms with Gasteiger partial charge < -0.3 is 9.72 Å². The molecule has 0 bridgehead atoms. The van der Waals surface area contributed by atoms with Crippen LogP contribution >= 0.6 is 0 Å². The predicted molar refractivity (Wildman–Crippen MR) is 140 cm³/mol. The van der Waals surface area contributed by atoms with Gasteiger partial charge in [-0.15, -0.1) is 5.10 Å². The van der Waals surface area contributed by atoms with Crippen LogP contribution in [0.5, 0.6) is 5.75 Å². The number of nitrogens with one attached hydrogen (secondary N) is 1. The Morgan fingerprint density at radius 1 is 1.11 bits per heavy atom. The maximum Gasteiger partial charge on any atom is 0.252 e. The Morgan fingerprint density at radius 3 is 2.61 bits per heavy atom. The number of H-pyrrole nitrogens is 1. The van der Waals surface area contributed by atoms with Crippen LogP contribution in [0.4, 0.5) is 0 Å². The smallest absolute Gasteiger partial charge is 0.252 e. The standard InChI is InChI=1S/C28H34N6O2/c1-4-26(27-30-31-32-34(27)23-7-5-6-8-23)33(17-20-10-12-24(36-3)13-11-20)18-22-16-21-15-19(2)9-14-25(21)29-28(22)35/h9-16,23,26H,4-8,17-18H2,1-3H3,(H,29,35). The van der Waals surface area contributed by atoms with Crippen molar-refractivity contribution in [2.45, 2.75) is 71.1 Å². The second-order valence-electron chi connectivity index (χ2n) is 9.81. The molecule has 2 aromatic heterocycles. The van der Waals surface area contributed by atoms with E-state index in [4.69, 9.17) is 4.74 Å². The second-order valence-corrected chi connectivity index (χ2v) is 9.81. The van der Waals surface area contributed by atoms with Crippen LogP contribution < -0.4 is 10.3 Å². The zero-order valence-corrected chi connectivity index (χ0v) is 21.3. The van der Waals surface area contributed by atoms with Gasteiger partial charge in [-0.25, -0.2) is 4.68 Å². The van der Waals surface area contributed by atoms with Crippen molar-refractivity contribution >= 4 is 10.9 Å². The summed E-state index contributed by atoms with van der Waals surface area (Å²) in [6.07, 6.45) is 5.46. The highest BCUT2D eigenvalue weighted by Gasteiger charge is 2.29. The molecule has 0 spiro atoms. The Hall–Kier alpha value is -3.52. The summed E-state index contributed by atoms with van der Waals surface area (Å²) in [5.41, 5.74) is 3.84. The SMILES string of the molecule is CCC(c1nnnn1C1CCCC1)N(Cc1ccc(OC)cc1)Cc1cc2cc(C)ccc2[nH]c1=O. The number of tetrazole rings is 1. The van der Waals surface area contributed by atoms with Crippen molar-refractivity contribution in [2.24, 2.45) is 0 Å². The Balaban J connectivity index is 1.53. The largest absolute Gasteiger partial charge is 0.497 e. The summed E-state index contributed by atoms with van der Waals surface area (Å²) in [7, 11) is 1.67. The van der Waals surface area contributed by atoms with Crippen LogP contribution in [0, 0.1) is 6.92 Å². The predicted octanol–water partition coefficient (Wildman–Crippen LogP) is 5.10. The highest BCUT2D eigenvalue weighted by Crippen LogP contribution is 2.33. The molecule has 1 aliphatic rings. The van der Waals surface area contributed by atoms with Crippen LogP contribution in [0.25, 0.3) is 10.9 Å². The molecule has 2 heterocycles. The van der Waals surface area contributed by atoms with Crippen LogP contribution in [0.2, 0.25) is 0 Å². The number of methoxy groups -OCH3 is 1. The molecule has 1 unspecified atom stereocenters. The molecule has 8 heteroatoms. The number of hydrogen-bond acceptors (Lipinski definition) is 6. The maximum atomic E-state index is 13.1. The van der Waals surface area contributed by atoms with Crippen molar-refractivity contribution in [3.8, 4) is 5.75 Å². The van der Waals surface area contributed by atoms with Gasteiger partial charge in [0.15, 0.2) is 5.82 Å². The van der Waals surface area contributed by atoms with E-state index < -0.39 is 0 Å². The van der Waals surface area contributed by atoms with Gasteiger partial charge in [0.25, 0.3) is 5.56 Å². The van der Waals surface area contributed by atoms with E-state index in [0.29, 0.717) is 19.1 Å². The summed E-state index contributed by atoms with van der Waals surface area (Å²) < 4.78 is 7.39. The van der Waals surface area contributed by atoms with Gasteiger partial charge in [-0.1, -0.05) is 43.5 Å². The molecule has 4 aromatic rings. The van der Waals surface area contributed by atoms with E-state index in [9.17, 15) is 4.79 Å². The lowest BCUT2D eigenvalue weighted by molar-refractivity contribution is 0.158. The Morgan fingerprint density at radius 2 is 1.89 bits per heavy atom. The van der Waals surface area contributed by atoms with Gasteiger partial charge in [-0.3, -0.25) is 9.69 Å². The number of fused-ring (bicyclic) bond motifs is 1. The molecule has 188 valence electrons. The highest BCUT2D eigenvalue weighted by molar-refractivity contribution is 5.79. The molecule has 2 aromatic carbocycles. The van der Waals surface area contributed by atoms with E-state index in [0.717, 1.165) is 58.4 Å². The minimum absolute atomic E-state index is 0.0321. The van der Waals surface area contributed by atoms with Crippen molar-refractivity contribution in [3.63, 3.8) is 0 Å². The van der Waals surface area contributed by atoms with Crippen molar-refractivity contribution in [1.82, 2.24) is 30.1 Å². The van der Waals surface area contributed by atoms with E-state index in [2.05, 4.69) is 57.5 Å². The van der Waals surface area contributed by atoms with Gasteiger partial charge in [-0.2, -0.15) is 0 Å². The lowest BCUT2D eigenvalue weighted by atomic mass is 10.1. The van der Waals surface area contributed by atoms with Crippen molar-refractivity contribution in [2.75, 3.05) is 7.11 Å². The van der Waals surface area contributed by atoms with E-state index >= 15 is 0 Å². The maximum absolute atomic E-state index is 13.1. The van der Waals surface area contributed by atoms with Gasteiger partial charge in [-0.05, 0) is 77.9 Å². The first-order chi connectivity index (χ1) is 17.6. The fraction of sp³-hybridized carbons (Fsp3) is 0.429. The van der Waals surface area contributed by atoms with E-state index in [1.807, 2.05) is 35.0 Å². The first kappa shape index (κ1) is 24.2. The fourth-order valence-electron chi connectivity index (χ4n) is 5.38. The van der Waals surface area contributed by atoms with Gasteiger partial charge in [0.2, 0.25) is 0 Å². The molecule has 1 aliphatic carbocycles. The van der Waals surface area contributed by atoms with Gasteiger partial charge >= 0.3 is 0 Å². The van der Waals surface area contributed by atoms with Gasteiger partial charge in [0.05, 0.1) is 19.2 Å². The number of rotatable bonds is 9. The minimum atomic E-state index is -0.0590. The molecule has 1 fully saturated rings. The third-order valence-corrected chi connectivity index (χ3v) is 7.31. The molecular formula is C28H34N6O2. The Kier molecular flexibility index (Phi) is 7.13. The summed E-state index contributed by atoms with van der Waals surface area (Å²) in [5.74, 6) is 1.70. The second kappa shape index (κ2) is 10.6. The number of nitrogens with zero attached hydrogens (tertiary/aromatic N) is 5. The summed E-state index contributed by atoms with van der Waals surface area (Å²) in [6, 6.07) is 16.5. The monoisotopic (exact) mass is 486 g/mol. The lowest BCUT2D eigenvalue weighted by Gasteiger charge is -2.31. The fourth-order valence-corrected chi connectivity index (χ4v) is 5.38. The van der Waals surface area contributed by atoms with Crippen LogP contribution in [0.15, 0.2) is 53.3 Å².